The third-order valence-corrected chi connectivity index (χ3v) is 4.22. The lowest BCUT2D eigenvalue weighted by Crippen LogP contribution is -2.65. The van der Waals surface area contributed by atoms with Gasteiger partial charge in [-0.25, -0.2) is 0 Å². The van der Waals surface area contributed by atoms with Crippen LogP contribution in [0.1, 0.15) is 48.0 Å². The molecule has 0 amide bonds. The fourth-order valence-electron chi connectivity index (χ4n) is 2.74. The van der Waals surface area contributed by atoms with Crippen molar-refractivity contribution in [3.05, 3.63) is 0 Å². The lowest BCUT2D eigenvalue weighted by atomic mass is 9.81. The fourth-order valence-corrected chi connectivity index (χ4v) is 2.74. The number of hydrogen-bond acceptors (Lipinski definition) is 3. The van der Waals surface area contributed by atoms with Gasteiger partial charge in [0, 0.05) is 37.8 Å². The van der Waals surface area contributed by atoms with Crippen molar-refractivity contribution in [2.45, 2.75) is 59.5 Å². The Labute approximate surface area is 113 Å². The van der Waals surface area contributed by atoms with Crippen molar-refractivity contribution in [1.29, 1.82) is 0 Å². The van der Waals surface area contributed by atoms with E-state index in [1.807, 2.05) is 0 Å². The molecule has 0 aromatic carbocycles. The van der Waals surface area contributed by atoms with E-state index in [0.717, 1.165) is 32.8 Å². The summed E-state index contributed by atoms with van der Waals surface area (Å²) in [7, 11) is 0. The summed E-state index contributed by atoms with van der Waals surface area (Å²) in [6.45, 7) is 18.6. The molecule has 1 N–H and O–H groups in total. The molecule has 1 heterocycles. The Morgan fingerprint density at radius 2 is 2.00 bits per heavy atom. The van der Waals surface area contributed by atoms with Gasteiger partial charge in [-0.15, -0.1) is 0 Å². The predicted octanol–water partition coefficient (Wildman–Crippen LogP) is 2.51. The summed E-state index contributed by atoms with van der Waals surface area (Å²) < 4.78 is 5.54. The van der Waals surface area contributed by atoms with E-state index in [1.165, 1.54) is 6.42 Å². The summed E-state index contributed by atoms with van der Waals surface area (Å²) in [6, 6.07) is 0.595. The fraction of sp³-hybridized carbons (Fsp3) is 1.00. The maximum absolute atomic E-state index is 5.54. The quantitative estimate of drug-likeness (QED) is 0.765. The van der Waals surface area contributed by atoms with Crippen LogP contribution in [0.5, 0.6) is 0 Å². The molecule has 0 aliphatic carbocycles. The Bertz CT molecular complexity index is 249. The van der Waals surface area contributed by atoms with E-state index in [-0.39, 0.29) is 5.54 Å². The Hall–Kier alpha value is -0.120. The van der Waals surface area contributed by atoms with Gasteiger partial charge in [-0.05, 0) is 25.7 Å². The highest BCUT2D eigenvalue weighted by Gasteiger charge is 2.39. The average molecular weight is 256 g/mol. The van der Waals surface area contributed by atoms with E-state index in [9.17, 15) is 0 Å². The molecule has 0 spiro atoms. The zero-order valence-corrected chi connectivity index (χ0v) is 13.2. The number of nitrogens with one attached hydrogen (secondary N) is 1. The number of nitrogens with zero attached hydrogens (tertiary/aromatic N) is 1. The van der Waals surface area contributed by atoms with Crippen LogP contribution in [0.25, 0.3) is 0 Å². The van der Waals surface area contributed by atoms with Crippen LogP contribution in [0.3, 0.4) is 0 Å². The molecule has 1 fully saturated rings. The molecule has 0 saturated carbocycles. The van der Waals surface area contributed by atoms with Crippen molar-refractivity contribution in [3.63, 3.8) is 0 Å². The van der Waals surface area contributed by atoms with Gasteiger partial charge in [-0.1, -0.05) is 27.7 Å². The molecule has 2 atom stereocenters. The molecule has 0 aromatic heterocycles. The van der Waals surface area contributed by atoms with Crippen LogP contribution < -0.4 is 5.32 Å². The van der Waals surface area contributed by atoms with Gasteiger partial charge in [-0.2, -0.15) is 0 Å². The lowest BCUT2D eigenvalue weighted by Gasteiger charge is -2.50. The monoisotopic (exact) mass is 256 g/mol. The van der Waals surface area contributed by atoms with E-state index < -0.39 is 0 Å². The van der Waals surface area contributed by atoms with E-state index in [2.05, 4.69) is 51.8 Å². The van der Waals surface area contributed by atoms with E-state index in [4.69, 9.17) is 4.74 Å². The summed E-state index contributed by atoms with van der Waals surface area (Å²) in [6.07, 6.45) is 1.18. The van der Waals surface area contributed by atoms with Crippen LogP contribution >= 0.6 is 0 Å². The normalized spacial score (nSPS) is 30.7. The predicted molar refractivity (Wildman–Crippen MR) is 78.0 cm³/mol. The summed E-state index contributed by atoms with van der Waals surface area (Å²) in [5, 5.41) is 3.74. The summed E-state index contributed by atoms with van der Waals surface area (Å²) in [5.74, 6) is 0. The van der Waals surface area contributed by atoms with Gasteiger partial charge in [0.2, 0.25) is 0 Å². The molecular weight excluding hydrogens is 224 g/mol. The Morgan fingerprint density at radius 1 is 1.33 bits per heavy atom. The van der Waals surface area contributed by atoms with Gasteiger partial charge < -0.3 is 10.1 Å². The van der Waals surface area contributed by atoms with Gasteiger partial charge in [0.15, 0.2) is 0 Å². The summed E-state index contributed by atoms with van der Waals surface area (Å²) in [5.41, 5.74) is 0.572. The minimum atomic E-state index is 0.258. The summed E-state index contributed by atoms with van der Waals surface area (Å²) in [4.78, 5) is 2.62. The number of ether oxygens (including phenoxy) is 1. The molecule has 108 valence electrons. The first-order chi connectivity index (χ1) is 8.32. The van der Waals surface area contributed by atoms with Crippen LogP contribution in [-0.4, -0.2) is 49.3 Å². The van der Waals surface area contributed by atoms with Crippen molar-refractivity contribution < 1.29 is 4.74 Å². The average Bonchev–Trinajstić information content (AvgIpc) is 2.28. The van der Waals surface area contributed by atoms with Crippen LogP contribution in [-0.2, 0) is 4.74 Å². The highest BCUT2D eigenvalue weighted by atomic mass is 16.5. The smallest absolute Gasteiger partial charge is 0.0593 e. The molecule has 1 aliphatic rings. The van der Waals surface area contributed by atoms with Crippen LogP contribution in [0.4, 0.5) is 0 Å². The zero-order chi connectivity index (χ0) is 13.8. The second kappa shape index (κ2) is 6.36. The van der Waals surface area contributed by atoms with Crippen molar-refractivity contribution in [3.8, 4) is 0 Å². The Balaban J connectivity index is 2.67. The molecule has 0 aromatic rings. The van der Waals surface area contributed by atoms with Gasteiger partial charge >= 0.3 is 0 Å². The molecule has 1 rings (SSSR count). The molecule has 0 radical (unpaired) electrons. The van der Waals surface area contributed by atoms with Gasteiger partial charge in [0.25, 0.3) is 0 Å². The highest BCUT2D eigenvalue weighted by molar-refractivity contribution is 4.98. The first-order valence-electron chi connectivity index (χ1n) is 7.39. The van der Waals surface area contributed by atoms with Crippen LogP contribution in [0.2, 0.25) is 0 Å². The second-order valence-electron chi connectivity index (χ2n) is 6.84. The molecule has 1 aliphatic heterocycles. The molecular formula is C15H32N2O. The van der Waals surface area contributed by atoms with Crippen LogP contribution in [0.15, 0.2) is 0 Å². The Kier molecular flexibility index (Phi) is 5.63. The Morgan fingerprint density at radius 3 is 2.50 bits per heavy atom. The largest absolute Gasteiger partial charge is 0.380 e. The maximum atomic E-state index is 5.54. The molecule has 0 bridgehead atoms. The topological polar surface area (TPSA) is 24.5 Å². The maximum Gasteiger partial charge on any atom is 0.0593 e. The van der Waals surface area contributed by atoms with Crippen molar-refractivity contribution in [1.82, 2.24) is 10.2 Å². The van der Waals surface area contributed by atoms with E-state index in [0.29, 0.717) is 11.5 Å². The minimum Gasteiger partial charge on any atom is -0.380 e. The van der Waals surface area contributed by atoms with E-state index in [1.54, 1.807) is 0 Å². The third kappa shape index (κ3) is 4.22. The molecule has 3 heteroatoms. The second-order valence-corrected chi connectivity index (χ2v) is 6.84. The van der Waals surface area contributed by atoms with Crippen molar-refractivity contribution in [2.75, 3.05) is 32.8 Å². The van der Waals surface area contributed by atoms with Gasteiger partial charge in [0.05, 0.1) is 6.61 Å². The number of hydrogen-bond donors (Lipinski definition) is 1. The first-order valence-corrected chi connectivity index (χ1v) is 7.39. The van der Waals surface area contributed by atoms with Crippen molar-refractivity contribution in [2.24, 2.45) is 5.41 Å². The SMILES string of the molecule is CCOCCN1CC(C)(CC)NCC1C(C)(C)C. The van der Waals surface area contributed by atoms with Gasteiger partial charge in [0.1, 0.15) is 0 Å². The van der Waals surface area contributed by atoms with Crippen molar-refractivity contribution >= 4 is 0 Å². The number of piperazine rings is 1. The minimum absolute atomic E-state index is 0.258. The summed E-state index contributed by atoms with van der Waals surface area (Å²) >= 11 is 0. The molecule has 2 unspecified atom stereocenters. The first kappa shape index (κ1) is 15.9. The molecule has 1 saturated heterocycles. The molecule has 18 heavy (non-hydrogen) atoms. The van der Waals surface area contributed by atoms with E-state index >= 15 is 0 Å². The lowest BCUT2D eigenvalue weighted by molar-refractivity contribution is 0.00531. The zero-order valence-electron chi connectivity index (χ0n) is 13.2. The third-order valence-electron chi connectivity index (χ3n) is 4.22. The standard InChI is InChI=1S/C15H32N2O/c1-7-15(6)12-17(9-10-18-8-2)13(11-16-15)14(3,4)5/h13,16H,7-12H2,1-6H3. The highest BCUT2D eigenvalue weighted by Crippen LogP contribution is 2.29. The number of rotatable bonds is 5. The molecule has 3 nitrogen and oxygen atoms in total. The van der Waals surface area contributed by atoms with Gasteiger partial charge in [-0.3, -0.25) is 4.90 Å². The van der Waals surface area contributed by atoms with Crippen LogP contribution in [0, 0.1) is 5.41 Å².